The fraction of sp³-hybridized carbons (Fsp3) is 0.188. The van der Waals surface area contributed by atoms with Crippen LogP contribution in [0.1, 0.15) is 34.8 Å². The van der Waals surface area contributed by atoms with Crippen molar-refractivity contribution in [2.45, 2.75) is 18.8 Å². The number of halogens is 2. The minimum atomic E-state index is -0.927. The number of hydrogen-bond acceptors (Lipinski definition) is 3. The molecular weight excluding hydrogens is 335 g/mol. The van der Waals surface area contributed by atoms with Gasteiger partial charge in [-0.05, 0) is 48.2 Å². The van der Waals surface area contributed by atoms with E-state index in [1.54, 1.807) is 6.07 Å². The van der Waals surface area contributed by atoms with E-state index in [1.807, 2.05) is 11.5 Å². The molecule has 3 rings (SSSR count). The van der Waals surface area contributed by atoms with E-state index < -0.39 is 17.8 Å². The monoisotopic (exact) mass is 348 g/mol. The maximum atomic E-state index is 13.6. The molecule has 3 amide bonds. The summed E-state index contributed by atoms with van der Waals surface area (Å²) in [6.45, 7) is 0. The second kappa shape index (κ2) is 6.45. The predicted octanol–water partition coefficient (Wildman–Crippen LogP) is 2.73. The number of carbonyl (C=O) groups is 2. The molecule has 8 heteroatoms. The average molecular weight is 349 g/mol. The van der Waals surface area contributed by atoms with Crippen molar-refractivity contribution in [1.29, 1.82) is 0 Å². The van der Waals surface area contributed by atoms with Gasteiger partial charge < -0.3 is 5.73 Å². The van der Waals surface area contributed by atoms with Crippen molar-refractivity contribution in [3.63, 3.8) is 0 Å². The summed E-state index contributed by atoms with van der Waals surface area (Å²) in [5.74, 6) is -0.897. The number of benzene rings is 1. The van der Waals surface area contributed by atoms with Gasteiger partial charge in [0.1, 0.15) is 11.0 Å². The topological polar surface area (TPSA) is 97.1 Å². The Bertz CT molecular complexity index is 824. The van der Waals surface area contributed by atoms with E-state index >= 15 is 0 Å². The van der Waals surface area contributed by atoms with Gasteiger partial charge in [0.2, 0.25) is 0 Å². The molecule has 0 aliphatic heterocycles. The summed E-state index contributed by atoms with van der Waals surface area (Å²) in [5.41, 5.74) is 11.0. The first-order chi connectivity index (χ1) is 11.4. The second-order valence-corrected chi connectivity index (χ2v) is 5.90. The molecule has 2 aromatic rings. The summed E-state index contributed by atoms with van der Waals surface area (Å²) < 4.78 is 13.6. The van der Waals surface area contributed by atoms with Gasteiger partial charge in [-0.1, -0.05) is 17.7 Å². The molecule has 0 bridgehead atoms. The number of nitrogens with zero attached hydrogens (tertiary/aromatic N) is 1. The number of carbonyl (C=O) groups excluding carboxylic acids is 2. The third-order valence-electron chi connectivity index (χ3n) is 3.65. The molecule has 0 spiro atoms. The molecule has 0 radical (unpaired) electrons. The summed E-state index contributed by atoms with van der Waals surface area (Å²) >= 11 is 6.08. The Hall–Kier alpha value is -2.67. The van der Waals surface area contributed by atoms with Crippen molar-refractivity contribution in [3.05, 3.63) is 52.6 Å². The lowest BCUT2D eigenvalue weighted by Gasteiger charge is -2.12. The number of rotatable bonds is 3. The van der Waals surface area contributed by atoms with Crippen LogP contribution in [0.15, 0.2) is 30.3 Å². The molecule has 6 nitrogen and oxygen atoms in total. The second-order valence-electron chi connectivity index (χ2n) is 5.51. The van der Waals surface area contributed by atoms with Crippen LogP contribution in [0.5, 0.6) is 0 Å². The lowest BCUT2D eigenvalue weighted by molar-refractivity contribution is 0.0937. The minimum Gasteiger partial charge on any atom is -0.350 e. The normalized spacial score (nSPS) is 13.4. The number of nitrogens with two attached hydrogens (primary N) is 1. The van der Waals surface area contributed by atoms with Crippen molar-refractivity contribution in [3.8, 4) is 11.1 Å². The van der Waals surface area contributed by atoms with Gasteiger partial charge in [0.15, 0.2) is 0 Å². The molecule has 0 saturated heterocycles. The largest absolute Gasteiger partial charge is 0.350 e. The van der Waals surface area contributed by atoms with Crippen LogP contribution in [-0.4, -0.2) is 16.9 Å². The average Bonchev–Trinajstić information content (AvgIpc) is 3.36. The van der Waals surface area contributed by atoms with Gasteiger partial charge in [-0.25, -0.2) is 19.6 Å². The molecule has 1 fully saturated rings. The number of nitrogens with one attached hydrogen (secondary N) is 2. The summed E-state index contributed by atoms with van der Waals surface area (Å²) in [4.78, 5) is 27.2. The fourth-order valence-electron chi connectivity index (χ4n) is 2.40. The molecule has 1 aliphatic carbocycles. The van der Waals surface area contributed by atoms with Gasteiger partial charge in [-0.15, -0.1) is 0 Å². The highest BCUT2D eigenvalue weighted by Gasteiger charge is 2.26. The quantitative estimate of drug-likeness (QED) is 0.587. The van der Waals surface area contributed by atoms with Crippen LogP contribution in [0, 0.1) is 5.82 Å². The molecule has 4 N–H and O–H groups in total. The van der Waals surface area contributed by atoms with E-state index in [1.165, 1.54) is 12.1 Å². The van der Waals surface area contributed by atoms with E-state index in [4.69, 9.17) is 17.3 Å². The number of hydrogen-bond donors (Lipinski definition) is 3. The molecule has 1 heterocycles. The fourth-order valence-corrected chi connectivity index (χ4v) is 2.62. The summed E-state index contributed by atoms with van der Waals surface area (Å²) in [6, 6.07) is 6.34. The van der Waals surface area contributed by atoms with Crippen LogP contribution in [0.3, 0.4) is 0 Å². The van der Waals surface area contributed by atoms with Gasteiger partial charge in [-0.3, -0.25) is 10.2 Å². The highest BCUT2D eigenvalue weighted by Crippen LogP contribution is 2.41. The summed E-state index contributed by atoms with van der Waals surface area (Å²) in [5, 5.41) is 0.306. The van der Waals surface area contributed by atoms with Crippen LogP contribution < -0.4 is 16.6 Å². The van der Waals surface area contributed by atoms with Crippen LogP contribution in [0.2, 0.25) is 5.15 Å². The van der Waals surface area contributed by atoms with E-state index in [2.05, 4.69) is 10.4 Å². The van der Waals surface area contributed by atoms with E-state index in [9.17, 15) is 14.0 Å². The smallest absolute Gasteiger partial charge is 0.330 e. The number of pyridine rings is 1. The van der Waals surface area contributed by atoms with Gasteiger partial charge in [-0.2, -0.15) is 0 Å². The molecule has 0 unspecified atom stereocenters. The SMILES string of the molecule is NC(=O)NNC(=O)c1cc(F)ccc1-c1cc(Cl)nc(C2CC2)c1. The van der Waals surface area contributed by atoms with Crippen molar-refractivity contribution < 1.29 is 14.0 Å². The molecule has 24 heavy (non-hydrogen) atoms. The van der Waals surface area contributed by atoms with Crippen LogP contribution >= 0.6 is 11.6 Å². The highest BCUT2D eigenvalue weighted by atomic mass is 35.5. The molecule has 1 aliphatic rings. The zero-order chi connectivity index (χ0) is 17.3. The highest BCUT2D eigenvalue weighted by molar-refractivity contribution is 6.29. The predicted molar refractivity (Wildman–Crippen MR) is 86.8 cm³/mol. The first kappa shape index (κ1) is 16.2. The van der Waals surface area contributed by atoms with Crippen molar-refractivity contribution in [2.24, 2.45) is 5.73 Å². The Morgan fingerprint density at radius 1 is 1.21 bits per heavy atom. The van der Waals surface area contributed by atoms with Crippen molar-refractivity contribution >= 4 is 23.5 Å². The maximum Gasteiger partial charge on any atom is 0.330 e. The van der Waals surface area contributed by atoms with E-state index in [0.717, 1.165) is 24.6 Å². The van der Waals surface area contributed by atoms with Gasteiger partial charge in [0, 0.05) is 11.6 Å². The summed E-state index contributed by atoms with van der Waals surface area (Å²) in [6.07, 6.45) is 2.10. The first-order valence-corrected chi connectivity index (χ1v) is 7.65. The molecule has 0 atom stereocenters. The van der Waals surface area contributed by atoms with Crippen molar-refractivity contribution in [2.75, 3.05) is 0 Å². The Morgan fingerprint density at radius 2 is 1.96 bits per heavy atom. The van der Waals surface area contributed by atoms with Gasteiger partial charge in [0.25, 0.3) is 5.91 Å². The maximum absolute atomic E-state index is 13.6. The number of urea groups is 1. The zero-order valence-electron chi connectivity index (χ0n) is 12.5. The first-order valence-electron chi connectivity index (χ1n) is 7.27. The summed E-state index contributed by atoms with van der Waals surface area (Å²) in [7, 11) is 0. The number of primary amides is 1. The Kier molecular flexibility index (Phi) is 4.35. The molecule has 1 saturated carbocycles. The van der Waals surface area contributed by atoms with Crippen LogP contribution in [0.25, 0.3) is 11.1 Å². The Labute approximate surface area is 142 Å². The minimum absolute atomic E-state index is 0.0489. The third-order valence-corrected chi connectivity index (χ3v) is 3.84. The molecular formula is C16H14ClFN4O2. The number of amides is 3. The molecule has 1 aromatic carbocycles. The van der Waals surface area contributed by atoms with E-state index in [-0.39, 0.29) is 5.56 Å². The number of hydrazine groups is 1. The zero-order valence-corrected chi connectivity index (χ0v) is 13.2. The van der Waals surface area contributed by atoms with Gasteiger partial charge >= 0.3 is 6.03 Å². The van der Waals surface area contributed by atoms with Crippen LogP contribution in [-0.2, 0) is 0 Å². The van der Waals surface area contributed by atoms with E-state index in [0.29, 0.717) is 22.2 Å². The van der Waals surface area contributed by atoms with Crippen molar-refractivity contribution in [1.82, 2.24) is 15.8 Å². The lowest BCUT2D eigenvalue weighted by atomic mass is 9.98. The molecule has 1 aromatic heterocycles. The molecule has 124 valence electrons. The van der Waals surface area contributed by atoms with Crippen LogP contribution in [0.4, 0.5) is 9.18 Å². The lowest BCUT2D eigenvalue weighted by Crippen LogP contribution is -2.44. The third kappa shape index (κ3) is 3.62. The number of aromatic nitrogens is 1. The van der Waals surface area contributed by atoms with Gasteiger partial charge in [0.05, 0.1) is 5.56 Å². The Morgan fingerprint density at radius 3 is 2.62 bits per heavy atom. The Balaban J connectivity index is 2.01. The standard InChI is InChI=1S/C16H14ClFN4O2/c17-14-6-9(5-13(20-14)8-1-2-8)11-4-3-10(18)7-12(11)15(23)21-22-16(19)24/h3-8H,1-2H2,(H,21,23)(H3,19,22,24).